The fourth-order valence-electron chi connectivity index (χ4n) is 3.74. The van der Waals surface area contributed by atoms with Crippen molar-refractivity contribution in [3.05, 3.63) is 66.8 Å². The Bertz CT molecular complexity index is 1230. The lowest BCUT2D eigenvalue weighted by Crippen LogP contribution is -2.48. The number of para-hydroxylation sites is 1. The van der Waals surface area contributed by atoms with Crippen LogP contribution in [0.1, 0.15) is 36.0 Å². The fourth-order valence-corrected chi connectivity index (χ4v) is 7.02. The van der Waals surface area contributed by atoms with E-state index in [1.54, 1.807) is 21.3 Å². The molecule has 0 fully saturated rings. The summed E-state index contributed by atoms with van der Waals surface area (Å²) in [5.41, 5.74) is 1.86. The van der Waals surface area contributed by atoms with Crippen LogP contribution in [0, 0.1) is 13.9 Å². The molecule has 1 aliphatic rings. The van der Waals surface area contributed by atoms with E-state index in [4.69, 9.17) is 17.0 Å². The number of carbonyl (C=O) groups excluding carboxylic acids is 1. The number of nitro benzene ring substituents is 1. The zero-order chi connectivity index (χ0) is 21.6. The molecular weight excluding hydrogens is 440 g/mol. The summed E-state index contributed by atoms with van der Waals surface area (Å²) in [4.78, 5) is 27.2. The van der Waals surface area contributed by atoms with Crippen molar-refractivity contribution in [1.82, 2.24) is 0 Å². The SMILES string of the molecule is CCOc1cccc2c1N(C(=O)c1cccc([N+](=O)[O-])c1)C(C)(C)c1ssc(=S)c1-2. The Balaban J connectivity index is 1.99. The number of carbonyl (C=O) groups is 1. The molecule has 0 unspecified atom stereocenters. The van der Waals surface area contributed by atoms with E-state index in [1.165, 1.54) is 28.5 Å². The van der Waals surface area contributed by atoms with Gasteiger partial charge in [0.05, 0.1) is 27.6 Å². The molecule has 0 radical (unpaired) electrons. The Kier molecular flexibility index (Phi) is 5.21. The van der Waals surface area contributed by atoms with Crippen LogP contribution in [-0.2, 0) is 5.54 Å². The lowest BCUT2D eigenvalue weighted by Gasteiger charge is -2.43. The smallest absolute Gasteiger partial charge is 0.270 e. The first kappa shape index (κ1) is 20.6. The van der Waals surface area contributed by atoms with Crippen LogP contribution in [0.2, 0.25) is 0 Å². The zero-order valence-electron chi connectivity index (χ0n) is 16.5. The van der Waals surface area contributed by atoms with Crippen molar-refractivity contribution in [2.45, 2.75) is 26.3 Å². The third-order valence-corrected chi connectivity index (χ3v) is 8.38. The van der Waals surface area contributed by atoms with E-state index in [9.17, 15) is 14.9 Å². The molecule has 0 atom stereocenters. The maximum absolute atomic E-state index is 13.8. The van der Waals surface area contributed by atoms with Crippen LogP contribution < -0.4 is 9.64 Å². The van der Waals surface area contributed by atoms with E-state index in [0.717, 1.165) is 19.8 Å². The lowest BCUT2D eigenvalue weighted by atomic mass is 9.86. The molecule has 4 rings (SSSR count). The number of ether oxygens (including phenoxy) is 1. The highest BCUT2D eigenvalue weighted by Gasteiger charge is 2.44. The molecule has 2 aromatic carbocycles. The maximum Gasteiger partial charge on any atom is 0.270 e. The summed E-state index contributed by atoms with van der Waals surface area (Å²) in [6.45, 7) is 6.25. The monoisotopic (exact) mass is 458 g/mol. The molecule has 0 bridgehead atoms. The minimum Gasteiger partial charge on any atom is -0.492 e. The lowest BCUT2D eigenvalue weighted by molar-refractivity contribution is -0.384. The number of rotatable bonds is 4. The van der Waals surface area contributed by atoms with Crippen molar-refractivity contribution in [3.8, 4) is 16.9 Å². The largest absolute Gasteiger partial charge is 0.492 e. The van der Waals surface area contributed by atoms with Gasteiger partial charge in [0.25, 0.3) is 11.6 Å². The first-order valence-corrected chi connectivity index (χ1v) is 11.8. The second-order valence-electron chi connectivity index (χ2n) is 7.25. The van der Waals surface area contributed by atoms with Gasteiger partial charge in [-0.3, -0.25) is 19.8 Å². The molecule has 9 heteroatoms. The quantitative estimate of drug-likeness (QED) is 0.195. The summed E-state index contributed by atoms with van der Waals surface area (Å²) >= 11 is 5.61. The van der Waals surface area contributed by atoms with Gasteiger partial charge >= 0.3 is 0 Å². The van der Waals surface area contributed by atoms with Crippen molar-refractivity contribution < 1.29 is 14.5 Å². The first-order valence-electron chi connectivity index (χ1n) is 9.26. The molecule has 6 nitrogen and oxygen atoms in total. The summed E-state index contributed by atoms with van der Waals surface area (Å²) in [6, 6.07) is 11.5. The van der Waals surface area contributed by atoms with Crippen LogP contribution in [0.15, 0.2) is 42.5 Å². The zero-order valence-corrected chi connectivity index (χ0v) is 19.0. The van der Waals surface area contributed by atoms with Crippen LogP contribution >= 0.6 is 32.9 Å². The Labute approximate surface area is 185 Å². The minimum atomic E-state index is -0.713. The van der Waals surface area contributed by atoms with Gasteiger partial charge in [0, 0.05) is 28.8 Å². The molecule has 154 valence electrons. The number of nitro groups is 1. The average molecular weight is 459 g/mol. The molecule has 0 saturated heterocycles. The standard InChI is InChI=1S/C21H18N2O4S3/c1-4-27-15-10-6-9-14-16-18(29-30-20(16)28)21(2,3)22(17(14)15)19(24)12-7-5-8-13(11-12)23(25)26/h5-11H,4H2,1-3H3. The number of benzene rings is 2. The molecule has 0 N–H and O–H groups in total. The topological polar surface area (TPSA) is 72.7 Å². The van der Waals surface area contributed by atoms with E-state index in [2.05, 4.69) is 0 Å². The summed E-state index contributed by atoms with van der Waals surface area (Å²) in [5, 5.41) is 11.2. The molecular formula is C21H18N2O4S3. The Morgan fingerprint density at radius 1 is 1.23 bits per heavy atom. The Morgan fingerprint density at radius 3 is 2.67 bits per heavy atom. The number of amides is 1. The molecule has 2 heterocycles. The molecule has 1 amide bonds. The summed E-state index contributed by atoms with van der Waals surface area (Å²) in [7, 11) is 3.07. The maximum atomic E-state index is 13.8. The molecule has 30 heavy (non-hydrogen) atoms. The first-order chi connectivity index (χ1) is 14.3. The van der Waals surface area contributed by atoms with Gasteiger partial charge in [-0.1, -0.05) is 51.1 Å². The number of non-ortho nitro benzene ring substituents is 1. The normalized spacial score (nSPS) is 14.0. The van der Waals surface area contributed by atoms with Crippen LogP contribution in [0.5, 0.6) is 5.75 Å². The number of nitrogens with zero attached hydrogens (tertiary/aromatic N) is 2. The number of hydrogen-bond acceptors (Lipinski definition) is 7. The molecule has 0 saturated carbocycles. The molecule has 0 aliphatic carbocycles. The second kappa shape index (κ2) is 7.57. The second-order valence-corrected chi connectivity index (χ2v) is 10.1. The van der Waals surface area contributed by atoms with E-state index >= 15 is 0 Å². The van der Waals surface area contributed by atoms with Crippen molar-refractivity contribution in [1.29, 1.82) is 0 Å². The number of anilines is 1. The van der Waals surface area contributed by atoms with Crippen LogP contribution in [0.25, 0.3) is 11.1 Å². The van der Waals surface area contributed by atoms with Gasteiger partial charge in [-0.05, 0) is 32.9 Å². The Morgan fingerprint density at radius 2 is 1.97 bits per heavy atom. The molecule has 0 spiro atoms. The van der Waals surface area contributed by atoms with Gasteiger partial charge < -0.3 is 4.74 Å². The summed E-state index contributed by atoms with van der Waals surface area (Å²) < 4.78 is 6.66. The average Bonchev–Trinajstić information content (AvgIpc) is 3.11. The number of hydrogen-bond donors (Lipinski definition) is 0. The van der Waals surface area contributed by atoms with Crippen molar-refractivity contribution >= 4 is 50.2 Å². The van der Waals surface area contributed by atoms with E-state index in [0.29, 0.717) is 18.0 Å². The van der Waals surface area contributed by atoms with Gasteiger partial charge in [0.2, 0.25) is 0 Å². The van der Waals surface area contributed by atoms with Crippen molar-refractivity contribution in [2.75, 3.05) is 11.5 Å². The van der Waals surface area contributed by atoms with Gasteiger partial charge in [-0.2, -0.15) is 0 Å². The van der Waals surface area contributed by atoms with E-state index in [-0.39, 0.29) is 17.2 Å². The molecule has 1 aromatic heterocycles. The predicted octanol–water partition coefficient (Wildman–Crippen LogP) is 6.41. The summed E-state index contributed by atoms with van der Waals surface area (Å²) in [5.74, 6) is 0.255. The van der Waals surface area contributed by atoms with Crippen LogP contribution in [0.4, 0.5) is 11.4 Å². The molecule has 1 aliphatic heterocycles. The van der Waals surface area contributed by atoms with Gasteiger partial charge in [0.15, 0.2) is 0 Å². The van der Waals surface area contributed by atoms with Crippen LogP contribution in [-0.4, -0.2) is 17.4 Å². The van der Waals surface area contributed by atoms with E-state index in [1.807, 2.05) is 39.0 Å². The van der Waals surface area contributed by atoms with Gasteiger partial charge in [0.1, 0.15) is 9.57 Å². The third-order valence-electron chi connectivity index (χ3n) is 5.05. The van der Waals surface area contributed by atoms with E-state index < -0.39 is 10.5 Å². The third kappa shape index (κ3) is 3.13. The fraction of sp³-hybridized carbons (Fsp3) is 0.238. The van der Waals surface area contributed by atoms with Crippen molar-refractivity contribution in [3.63, 3.8) is 0 Å². The summed E-state index contributed by atoms with van der Waals surface area (Å²) in [6.07, 6.45) is 0. The highest BCUT2D eigenvalue weighted by molar-refractivity contribution is 7.80. The highest BCUT2D eigenvalue weighted by atomic mass is 32.9. The Hall–Kier alpha value is -2.62. The highest BCUT2D eigenvalue weighted by Crippen LogP contribution is 2.55. The molecule has 3 aromatic rings. The van der Waals surface area contributed by atoms with Gasteiger partial charge in [-0.25, -0.2) is 0 Å². The minimum absolute atomic E-state index is 0.124. The van der Waals surface area contributed by atoms with Crippen molar-refractivity contribution in [2.24, 2.45) is 0 Å². The van der Waals surface area contributed by atoms with Crippen LogP contribution in [0.3, 0.4) is 0 Å². The van der Waals surface area contributed by atoms with Gasteiger partial charge in [-0.15, -0.1) is 0 Å². The predicted molar refractivity (Wildman–Crippen MR) is 123 cm³/mol. The number of fused-ring (bicyclic) bond motifs is 3.